The fourth-order valence-electron chi connectivity index (χ4n) is 4.38. The molecule has 0 spiro atoms. The molecule has 0 unspecified atom stereocenters. The molecule has 0 saturated carbocycles. The number of halogens is 1. The summed E-state index contributed by atoms with van der Waals surface area (Å²) >= 11 is 0. The highest BCUT2D eigenvalue weighted by Crippen LogP contribution is 2.29. The molecule has 0 aliphatic rings. The monoisotopic (exact) mass is 533 g/mol. The minimum absolute atomic E-state index is 0.187. The van der Waals surface area contributed by atoms with E-state index >= 15 is 0 Å². The molecule has 4 rings (SSSR count). The SMILES string of the molecule is COc1ccc(CCNC(=O)c2c(C)n(C)c3ccc(OCC(=O)NCc4ccc(F)cc4)cc23)cc1OC. The van der Waals surface area contributed by atoms with E-state index in [0.29, 0.717) is 35.8 Å². The van der Waals surface area contributed by atoms with Gasteiger partial charge in [0.05, 0.1) is 19.8 Å². The van der Waals surface area contributed by atoms with Gasteiger partial charge in [0.2, 0.25) is 0 Å². The van der Waals surface area contributed by atoms with Gasteiger partial charge in [-0.3, -0.25) is 9.59 Å². The van der Waals surface area contributed by atoms with Crippen LogP contribution in [0.2, 0.25) is 0 Å². The molecule has 0 radical (unpaired) electrons. The number of aryl methyl sites for hydroxylation is 1. The molecule has 1 heterocycles. The number of methoxy groups -OCH3 is 2. The zero-order valence-electron chi connectivity index (χ0n) is 22.5. The second kappa shape index (κ2) is 12.3. The number of nitrogens with one attached hydrogen (secondary N) is 2. The minimum Gasteiger partial charge on any atom is -0.493 e. The van der Waals surface area contributed by atoms with Crippen LogP contribution < -0.4 is 24.8 Å². The summed E-state index contributed by atoms with van der Waals surface area (Å²) in [6.07, 6.45) is 0.622. The lowest BCUT2D eigenvalue weighted by Crippen LogP contribution is -2.28. The zero-order valence-corrected chi connectivity index (χ0v) is 22.5. The van der Waals surface area contributed by atoms with Gasteiger partial charge in [0.15, 0.2) is 18.1 Å². The Morgan fingerprint density at radius 2 is 1.62 bits per heavy atom. The van der Waals surface area contributed by atoms with Gasteiger partial charge in [0, 0.05) is 36.7 Å². The Hall–Kier alpha value is -4.53. The Bertz CT molecular complexity index is 1480. The molecule has 4 aromatic rings. The topological polar surface area (TPSA) is 90.8 Å². The average molecular weight is 534 g/mol. The van der Waals surface area contributed by atoms with Gasteiger partial charge in [0.1, 0.15) is 11.6 Å². The summed E-state index contributed by atoms with van der Waals surface area (Å²) in [7, 11) is 5.08. The first-order valence-electron chi connectivity index (χ1n) is 12.5. The number of amides is 2. The molecule has 0 bridgehead atoms. The van der Waals surface area contributed by atoms with E-state index in [-0.39, 0.29) is 30.8 Å². The van der Waals surface area contributed by atoms with Crippen LogP contribution >= 0.6 is 0 Å². The van der Waals surface area contributed by atoms with Crippen LogP contribution in [0.5, 0.6) is 17.2 Å². The Morgan fingerprint density at radius 1 is 0.897 bits per heavy atom. The van der Waals surface area contributed by atoms with E-state index in [1.807, 2.05) is 42.8 Å². The predicted octanol–water partition coefficient (Wildman–Crippen LogP) is 4.31. The summed E-state index contributed by atoms with van der Waals surface area (Å²) in [5.41, 5.74) is 4.06. The van der Waals surface area contributed by atoms with E-state index in [1.54, 1.807) is 38.5 Å². The van der Waals surface area contributed by atoms with Gasteiger partial charge >= 0.3 is 0 Å². The molecule has 0 fully saturated rings. The van der Waals surface area contributed by atoms with E-state index in [2.05, 4.69) is 10.6 Å². The number of hydrogen-bond donors (Lipinski definition) is 2. The smallest absolute Gasteiger partial charge is 0.258 e. The van der Waals surface area contributed by atoms with Crippen LogP contribution in [0.25, 0.3) is 10.9 Å². The number of aromatic nitrogens is 1. The molecule has 0 atom stereocenters. The van der Waals surface area contributed by atoms with Crippen LogP contribution in [0, 0.1) is 12.7 Å². The van der Waals surface area contributed by atoms with Gasteiger partial charge in [-0.05, 0) is 66.9 Å². The van der Waals surface area contributed by atoms with Crippen LogP contribution in [0.3, 0.4) is 0 Å². The number of hydrogen-bond acceptors (Lipinski definition) is 5. The molecule has 0 aliphatic heterocycles. The number of fused-ring (bicyclic) bond motifs is 1. The van der Waals surface area contributed by atoms with E-state index in [9.17, 15) is 14.0 Å². The van der Waals surface area contributed by atoms with Gasteiger partial charge < -0.3 is 29.4 Å². The Labute approximate surface area is 226 Å². The highest BCUT2D eigenvalue weighted by Gasteiger charge is 2.19. The summed E-state index contributed by atoms with van der Waals surface area (Å²) in [6, 6.07) is 17.0. The summed E-state index contributed by atoms with van der Waals surface area (Å²) in [5, 5.41) is 6.50. The molecule has 8 nitrogen and oxygen atoms in total. The third kappa shape index (κ3) is 6.49. The Morgan fingerprint density at radius 3 is 2.33 bits per heavy atom. The Balaban J connectivity index is 1.39. The fraction of sp³-hybridized carbons (Fsp3) is 0.267. The Kier molecular flexibility index (Phi) is 8.70. The molecule has 39 heavy (non-hydrogen) atoms. The fourth-order valence-corrected chi connectivity index (χ4v) is 4.38. The van der Waals surface area contributed by atoms with Crippen LogP contribution in [-0.4, -0.2) is 43.8 Å². The lowest BCUT2D eigenvalue weighted by molar-refractivity contribution is -0.123. The first kappa shape index (κ1) is 27.5. The maximum absolute atomic E-state index is 13.2. The predicted molar refractivity (Wildman–Crippen MR) is 147 cm³/mol. The zero-order chi connectivity index (χ0) is 27.9. The van der Waals surface area contributed by atoms with Crippen molar-refractivity contribution in [1.82, 2.24) is 15.2 Å². The lowest BCUT2D eigenvalue weighted by atomic mass is 10.1. The van der Waals surface area contributed by atoms with Crippen molar-refractivity contribution in [3.05, 3.63) is 88.9 Å². The van der Waals surface area contributed by atoms with Crippen molar-refractivity contribution in [1.29, 1.82) is 0 Å². The van der Waals surface area contributed by atoms with Crippen molar-refractivity contribution in [2.24, 2.45) is 7.05 Å². The highest BCUT2D eigenvalue weighted by atomic mass is 19.1. The molecule has 2 amide bonds. The quantitative estimate of drug-likeness (QED) is 0.300. The van der Waals surface area contributed by atoms with E-state index < -0.39 is 0 Å². The van der Waals surface area contributed by atoms with Crippen molar-refractivity contribution in [2.75, 3.05) is 27.4 Å². The second-order valence-corrected chi connectivity index (χ2v) is 9.09. The van der Waals surface area contributed by atoms with Crippen LogP contribution in [-0.2, 0) is 24.8 Å². The molecule has 9 heteroatoms. The van der Waals surface area contributed by atoms with Crippen LogP contribution in [0.1, 0.15) is 27.2 Å². The summed E-state index contributed by atoms with van der Waals surface area (Å²) in [6.45, 7) is 2.42. The summed E-state index contributed by atoms with van der Waals surface area (Å²) in [5.74, 6) is 0.947. The highest BCUT2D eigenvalue weighted by molar-refractivity contribution is 6.08. The molecule has 3 aromatic carbocycles. The van der Waals surface area contributed by atoms with E-state index in [1.165, 1.54) is 12.1 Å². The standard InChI is InChI=1S/C30H32FN3O5/c1-19-29(30(36)32-14-13-20-7-12-26(37-3)27(15-20)38-4)24-16-23(10-11-25(24)34(19)2)39-18-28(35)33-17-21-5-8-22(31)9-6-21/h5-12,15-16H,13-14,17-18H2,1-4H3,(H,32,36)(H,33,35). The van der Waals surface area contributed by atoms with Gasteiger partial charge in [-0.15, -0.1) is 0 Å². The second-order valence-electron chi connectivity index (χ2n) is 9.09. The molecule has 0 saturated heterocycles. The van der Waals surface area contributed by atoms with Crippen molar-refractivity contribution >= 4 is 22.7 Å². The number of carbonyl (C=O) groups excluding carboxylic acids is 2. The number of ether oxygens (including phenoxy) is 3. The first-order chi connectivity index (χ1) is 18.8. The van der Waals surface area contributed by atoms with Crippen LogP contribution in [0.15, 0.2) is 60.7 Å². The number of rotatable bonds is 11. The number of benzene rings is 3. The van der Waals surface area contributed by atoms with E-state index in [4.69, 9.17) is 14.2 Å². The molecule has 2 N–H and O–H groups in total. The maximum atomic E-state index is 13.2. The van der Waals surface area contributed by atoms with Crippen LogP contribution in [0.4, 0.5) is 4.39 Å². The van der Waals surface area contributed by atoms with Gasteiger partial charge in [-0.1, -0.05) is 18.2 Å². The van der Waals surface area contributed by atoms with Gasteiger partial charge in [-0.25, -0.2) is 4.39 Å². The number of nitrogens with zero attached hydrogens (tertiary/aromatic N) is 1. The minimum atomic E-state index is -0.328. The molecular weight excluding hydrogens is 501 g/mol. The lowest BCUT2D eigenvalue weighted by Gasteiger charge is -2.10. The largest absolute Gasteiger partial charge is 0.493 e. The molecular formula is C30H32FN3O5. The van der Waals surface area contributed by atoms with Crippen molar-refractivity contribution < 1.29 is 28.2 Å². The third-order valence-corrected chi connectivity index (χ3v) is 6.61. The summed E-state index contributed by atoms with van der Waals surface area (Å²) in [4.78, 5) is 25.5. The van der Waals surface area contributed by atoms with Gasteiger partial charge in [0.25, 0.3) is 11.8 Å². The molecule has 0 aliphatic carbocycles. The van der Waals surface area contributed by atoms with Crippen molar-refractivity contribution in [2.45, 2.75) is 19.9 Å². The van der Waals surface area contributed by atoms with E-state index in [0.717, 1.165) is 27.7 Å². The van der Waals surface area contributed by atoms with Crippen molar-refractivity contribution in [3.8, 4) is 17.2 Å². The number of carbonyl (C=O) groups is 2. The van der Waals surface area contributed by atoms with Crippen molar-refractivity contribution in [3.63, 3.8) is 0 Å². The average Bonchev–Trinajstić information content (AvgIpc) is 3.20. The third-order valence-electron chi connectivity index (χ3n) is 6.61. The molecule has 1 aromatic heterocycles. The maximum Gasteiger partial charge on any atom is 0.258 e. The van der Waals surface area contributed by atoms with Gasteiger partial charge in [-0.2, -0.15) is 0 Å². The molecule has 204 valence electrons. The first-order valence-corrected chi connectivity index (χ1v) is 12.5. The summed E-state index contributed by atoms with van der Waals surface area (Å²) < 4.78 is 31.4. The normalized spacial score (nSPS) is 10.8.